The van der Waals surface area contributed by atoms with E-state index in [-0.39, 0.29) is 18.2 Å². The molecule has 21 heavy (non-hydrogen) atoms. The van der Waals surface area contributed by atoms with Crippen LogP contribution in [0.5, 0.6) is 5.75 Å². The summed E-state index contributed by atoms with van der Waals surface area (Å²) >= 11 is 0. The monoisotopic (exact) mass is 291 g/mol. The number of hydrogen-bond donors (Lipinski definition) is 2. The number of unbranched alkanes of at least 4 members (excludes halogenated alkanes) is 3. The van der Waals surface area contributed by atoms with Gasteiger partial charge in [-0.3, -0.25) is 9.59 Å². The van der Waals surface area contributed by atoms with Gasteiger partial charge in [-0.25, -0.2) is 0 Å². The Bertz CT molecular complexity index is 501. The zero-order valence-electron chi connectivity index (χ0n) is 12.0. The number of carboxylic acids is 1. The number of carbonyl (C=O) groups is 2. The van der Waals surface area contributed by atoms with Crippen LogP contribution in [0.3, 0.4) is 0 Å². The van der Waals surface area contributed by atoms with E-state index in [1.807, 2.05) is 24.3 Å². The van der Waals surface area contributed by atoms with E-state index >= 15 is 0 Å². The maximum Gasteiger partial charge on any atom is 0.303 e. The molecule has 1 atom stereocenters. The molecule has 5 heteroatoms. The molecule has 0 saturated heterocycles. The van der Waals surface area contributed by atoms with Crippen molar-refractivity contribution in [2.45, 2.75) is 38.0 Å². The van der Waals surface area contributed by atoms with Gasteiger partial charge >= 0.3 is 5.97 Å². The van der Waals surface area contributed by atoms with E-state index in [9.17, 15) is 9.59 Å². The first-order valence-corrected chi connectivity index (χ1v) is 7.39. The van der Waals surface area contributed by atoms with E-state index in [2.05, 4.69) is 5.32 Å². The second-order valence-electron chi connectivity index (χ2n) is 5.25. The molecule has 2 rings (SSSR count). The summed E-state index contributed by atoms with van der Waals surface area (Å²) in [6.07, 6.45) is 3.62. The van der Waals surface area contributed by atoms with Crippen molar-refractivity contribution >= 4 is 11.9 Å². The number of carboxylic acid groups (broad SMARTS) is 1. The average Bonchev–Trinajstić information content (AvgIpc) is 2.89. The van der Waals surface area contributed by atoms with Gasteiger partial charge in [0.05, 0.1) is 0 Å². The fourth-order valence-corrected chi connectivity index (χ4v) is 2.47. The van der Waals surface area contributed by atoms with E-state index < -0.39 is 5.97 Å². The largest absolute Gasteiger partial charge is 0.492 e. The first-order valence-electron chi connectivity index (χ1n) is 7.39. The minimum atomic E-state index is -0.747. The Morgan fingerprint density at radius 1 is 1.19 bits per heavy atom. The minimum absolute atomic E-state index is 0.00508. The Labute approximate surface area is 124 Å². The zero-order valence-corrected chi connectivity index (χ0v) is 12.0. The first kappa shape index (κ1) is 15.4. The molecule has 0 bridgehead atoms. The van der Waals surface area contributed by atoms with Gasteiger partial charge in [0.2, 0.25) is 5.91 Å². The van der Waals surface area contributed by atoms with Gasteiger partial charge in [0.1, 0.15) is 18.3 Å². The highest BCUT2D eigenvalue weighted by Gasteiger charge is 2.29. The van der Waals surface area contributed by atoms with Crippen molar-refractivity contribution in [2.24, 2.45) is 0 Å². The number of hydrogen-bond acceptors (Lipinski definition) is 3. The molecule has 1 amide bonds. The molecule has 1 aliphatic rings. The Morgan fingerprint density at radius 3 is 2.76 bits per heavy atom. The number of amides is 1. The highest BCUT2D eigenvalue weighted by molar-refractivity contribution is 5.85. The molecule has 0 fully saturated rings. The summed E-state index contributed by atoms with van der Waals surface area (Å²) in [6, 6.07) is 7.62. The number of fused-ring (bicyclic) bond motifs is 1. The fourth-order valence-electron chi connectivity index (χ4n) is 2.47. The number of aliphatic carboxylic acids is 1. The standard InChI is InChI=1S/C16H21NO4/c18-15(19)9-3-1-2-6-10-17-16(20)13-11-21-14-8-5-4-7-12(13)14/h4-5,7-8,13H,1-3,6,9-11H2,(H,17,20)(H,18,19). The smallest absolute Gasteiger partial charge is 0.303 e. The third-order valence-corrected chi connectivity index (χ3v) is 3.63. The minimum Gasteiger partial charge on any atom is -0.492 e. The lowest BCUT2D eigenvalue weighted by Gasteiger charge is -2.10. The molecular weight excluding hydrogens is 270 g/mol. The van der Waals surface area contributed by atoms with Crippen LogP contribution >= 0.6 is 0 Å². The van der Waals surface area contributed by atoms with Crippen LogP contribution in [0, 0.1) is 0 Å². The van der Waals surface area contributed by atoms with Crippen molar-refractivity contribution in [3.05, 3.63) is 29.8 Å². The normalized spacial score (nSPS) is 16.1. The molecular formula is C16H21NO4. The van der Waals surface area contributed by atoms with Crippen molar-refractivity contribution in [1.82, 2.24) is 5.32 Å². The quantitative estimate of drug-likeness (QED) is 0.721. The van der Waals surface area contributed by atoms with Crippen LogP contribution in [-0.2, 0) is 9.59 Å². The summed E-state index contributed by atoms with van der Waals surface area (Å²) in [5.41, 5.74) is 0.955. The molecule has 1 unspecified atom stereocenters. The zero-order chi connectivity index (χ0) is 15.1. The molecule has 0 aliphatic carbocycles. The van der Waals surface area contributed by atoms with Crippen molar-refractivity contribution in [2.75, 3.05) is 13.2 Å². The first-order chi connectivity index (χ1) is 10.2. The summed E-state index contributed by atoms with van der Waals surface area (Å²) in [5, 5.41) is 11.5. The lowest BCUT2D eigenvalue weighted by Crippen LogP contribution is -2.30. The Kier molecular flexibility index (Phi) is 5.60. The lowest BCUT2D eigenvalue weighted by atomic mass is 10.0. The molecule has 1 aromatic rings. The van der Waals surface area contributed by atoms with Gasteiger partial charge < -0.3 is 15.2 Å². The van der Waals surface area contributed by atoms with Crippen LogP contribution in [0.4, 0.5) is 0 Å². The van der Waals surface area contributed by atoms with Crippen LogP contribution < -0.4 is 10.1 Å². The van der Waals surface area contributed by atoms with Crippen LogP contribution in [0.2, 0.25) is 0 Å². The lowest BCUT2D eigenvalue weighted by molar-refractivity contribution is -0.137. The number of rotatable bonds is 8. The number of para-hydroxylation sites is 1. The molecule has 0 spiro atoms. The van der Waals surface area contributed by atoms with Gasteiger partial charge in [-0.05, 0) is 18.9 Å². The van der Waals surface area contributed by atoms with Gasteiger partial charge in [-0.15, -0.1) is 0 Å². The maximum atomic E-state index is 12.1. The molecule has 2 N–H and O–H groups in total. The summed E-state index contributed by atoms with van der Waals surface area (Å²) in [6.45, 7) is 1.04. The number of carbonyl (C=O) groups excluding carboxylic acids is 1. The molecule has 0 aromatic heterocycles. The highest BCUT2D eigenvalue weighted by Crippen LogP contribution is 2.33. The SMILES string of the molecule is O=C(O)CCCCCCNC(=O)C1COc2ccccc21. The van der Waals surface area contributed by atoms with Crippen LogP contribution in [0.15, 0.2) is 24.3 Å². The third kappa shape index (κ3) is 4.48. The predicted molar refractivity (Wildman–Crippen MR) is 78.4 cm³/mol. The second-order valence-corrected chi connectivity index (χ2v) is 5.25. The van der Waals surface area contributed by atoms with Crippen LogP contribution in [-0.4, -0.2) is 30.1 Å². The van der Waals surface area contributed by atoms with Gasteiger partial charge in [0.25, 0.3) is 0 Å². The van der Waals surface area contributed by atoms with E-state index in [4.69, 9.17) is 9.84 Å². The van der Waals surface area contributed by atoms with Crippen molar-refractivity contribution in [3.63, 3.8) is 0 Å². The van der Waals surface area contributed by atoms with Crippen molar-refractivity contribution in [1.29, 1.82) is 0 Å². The number of benzene rings is 1. The Hall–Kier alpha value is -2.04. The fraction of sp³-hybridized carbons (Fsp3) is 0.500. The molecule has 0 saturated carbocycles. The van der Waals surface area contributed by atoms with Crippen LogP contribution in [0.1, 0.15) is 43.6 Å². The molecule has 114 valence electrons. The Balaban J connectivity index is 1.64. The average molecular weight is 291 g/mol. The number of nitrogens with one attached hydrogen (secondary N) is 1. The van der Waals surface area contributed by atoms with Crippen molar-refractivity contribution < 1.29 is 19.4 Å². The maximum absolute atomic E-state index is 12.1. The van der Waals surface area contributed by atoms with Crippen LogP contribution in [0.25, 0.3) is 0 Å². The van der Waals surface area contributed by atoms with Gasteiger partial charge in [0.15, 0.2) is 0 Å². The van der Waals surface area contributed by atoms with E-state index in [1.165, 1.54) is 0 Å². The second kappa shape index (κ2) is 7.67. The molecule has 1 aromatic carbocycles. The summed E-state index contributed by atoms with van der Waals surface area (Å²) < 4.78 is 5.50. The molecule has 0 radical (unpaired) electrons. The molecule has 1 aliphatic heterocycles. The van der Waals surface area contributed by atoms with E-state index in [0.29, 0.717) is 19.6 Å². The predicted octanol–water partition coefficient (Wildman–Crippen LogP) is 2.31. The summed E-state index contributed by atoms with van der Waals surface area (Å²) in [4.78, 5) is 22.5. The highest BCUT2D eigenvalue weighted by atomic mass is 16.5. The summed E-state index contributed by atoms with van der Waals surface area (Å²) in [5.74, 6) is -0.159. The molecule has 5 nitrogen and oxygen atoms in total. The molecule has 1 heterocycles. The topological polar surface area (TPSA) is 75.6 Å². The van der Waals surface area contributed by atoms with Gasteiger partial charge in [-0.1, -0.05) is 31.0 Å². The summed E-state index contributed by atoms with van der Waals surface area (Å²) in [7, 11) is 0. The van der Waals surface area contributed by atoms with E-state index in [0.717, 1.165) is 30.6 Å². The van der Waals surface area contributed by atoms with Gasteiger partial charge in [-0.2, -0.15) is 0 Å². The van der Waals surface area contributed by atoms with Gasteiger partial charge in [0, 0.05) is 18.5 Å². The third-order valence-electron chi connectivity index (χ3n) is 3.63. The van der Waals surface area contributed by atoms with Crippen molar-refractivity contribution in [3.8, 4) is 5.75 Å². The number of ether oxygens (including phenoxy) is 1. The van der Waals surface area contributed by atoms with E-state index in [1.54, 1.807) is 0 Å². The Morgan fingerprint density at radius 2 is 1.95 bits per heavy atom.